The van der Waals surface area contributed by atoms with Crippen LogP contribution in [0.25, 0.3) is 0 Å². The number of hydrogen-bond donors (Lipinski definition) is 2. The second-order valence-electron chi connectivity index (χ2n) is 6.11. The first-order chi connectivity index (χ1) is 9.21. The second kappa shape index (κ2) is 5.05. The lowest BCUT2D eigenvalue weighted by Crippen LogP contribution is -2.54. The largest absolute Gasteiger partial charge is 0.444 e. The first-order valence-electron chi connectivity index (χ1n) is 6.67. The highest BCUT2D eigenvalue weighted by molar-refractivity contribution is 5.68. The highest BCUT2D eigenvalue weighted by Gasteiger charge is 2.44. The number of amides is 1. The molecular formula is C15H20FNO3. The lowest BCUT2D eigenvalue weighted by Gasteiger charge is -2.37. The number of alkyl halides is 1. The third kappa shape index (κ3) is 3.10. The molecule has 2 unspecified atom stereocenters. The average molecular weight is 281 g/mol. The van der Waals surface area contributed by atoms with Gasteiger partial charge in [0, 0.05) is 6.42 Å². The number of hydrogen-bond acceptors (Lipinski definition) is 3. The van der Waals surface area contributed by atoms with Crippen molar-refractivity contribution in [3.63, 3.8) is 0 Å². The molecule has 1 amide bonds. The van der Waals surface area contributed by atoms with Gasteiger partial charge < -0.3 is 9.84 Å². The third-order valence-corrected chi connectivity index (χ3v) is 3.24. The molecule has 0 saturated heterocycles. The van der Waals surface area contributed by atoms with Gasteiger partial charge in [-0.25, -0.2) is 9.18 Å². The van der Waals surface area contributed by atoms with Crippen LogP contribution in [0.5, 0.6) is 0 Å². The molecule has 0 fully saturated rings. The Labute approximate surface area is 117 Å². The van der Waals surface area contributed by atoms with Crippen LogP contribution in [0.4, 0.5) is 9.18 Å². The number of fused-ring (bicyclic) bond motifs is 1. The van der Waals surface area contributed by atoms with Gasteiger partial charge in [0.05, 0.1) is 0 Å². The monoisotopic (exact) mass is 281 g/mol. The van der Waals surface area contributed by atoms with Crippen molar-refractivity contribution in [3.8, 4) is 0 Å². The fourth-order valence-corrected chi connectivity index (χ4v) is 2.32. The Morgan fingerprint density at radius 3 is 2.75 bits per heavy atom. The molecular weight excluding hydrogens is 261 g/mol. The summed E-state index contributed by atoms with van der Waals surface area (Å²) in [5, 5.41) is 12.6. The van der Waals surface area contributed by atoms with E-state index in [9.17, 15) is 14.3 Å². The quantitative estimate of drug-likeness (QED) is 0.778. The van der Waals surface area contributed by atoms with Gasteiger partial charge in [-0.1, -0.05) is 24.3 Å². The van der Waals surface area contributed by atoms with Crippen LogP contribution in [-0.2, 0) is 11.2 Å². The van der Waals surface area contributed by atoms with E-state index in [0.29, 0.717) is 12.0 Å². The highest BCUT2D eigenvalue weighted by Crippen LogP contribution is 2.38. The van der Waals surface area contributed by atoms with Crippen molar-refractivity contribution in [3.05, 3.63) is 35.4 Å². The number of benzene rings is 1. The van der Waals surface area contributed by atoms with Gasteiger partial charge in [0.2, 0.25) is 0 Å². The fourth-order valence-electron chi connectivity index (χ4n) is 2.32. The molecule has 0 bridgehead atoms. The van der Waals surface area contributed by atoms with Crippen LogP contribution < -0.4 is 5.32 Å². The van der Waals surface area contributed by atoms with Gasteiger partial charge in [-0.15, -0.1) is 0 Å². The molecule has 1 aliphatic rings. The summed E-state index contributed by atoms with van der Waals surface area (Å²) in [7, 11) is 0. The number of aryl methyl sites for hydroxylation is 1. The van der Waals surface area contributed by atoms with Gasteiger partial charge in [0.25, 0.3) is 0 Å². The number of nitrogens with one attached hydrogen (secondary N) is 1. The molecule has 0 aromatic heterocycles. The molecule has 1 aliphatic carbocycles. The minimum atomic E-state index is -1.92. The lowest BCUT2D eigenvalue weighted by molar-refractivity contribution is -0.0793. The molecule has 4 nitrogen and oxygen atoms in total. The highest BCUT2D eigenvalue weighted by atomic mass is 19.1. The van der Waals surface area contributed by atoms with E-state index in [1.54, 1.807) is 32.9 Å². The van der Waals surface area contributed by atoms with Crippen molar-refractivity contribution >= 4 is 6.09 Å². The molecule has 1 aromatic rings. The number of aliphatic hydroxyl groups is 1. The number of halogens is 1. The Bertz CT molecular complexity index is 512. The van der Waals surface area contributed by atoms with E-state index < -0.39 is 23.6 Å². The van der Waals surface area contributed by atoms with E-state index in [2.05, 4.69) is 5.32 Å². The first-order valence-corrected chi connectivity index (χ1v) is 6.67. The van der Waals surface area contributed by atoms with Crippen LogP contribution in [-0.4, -0.2) is 22.5 Å². The summed E-state index contributed by atoms with van der Waals surface area (Å²) in [6, 6.07) is 7.00. The van der Waals surface area contributed by atoms with Crippen LogP contribution in [0.1, 0.15) is 44.5 Å². The number of alkyl carbamates (subject to hydrolysis) is 1. The summed E-state index contributed by atoms with van der Waals surface area (Å²) in [5.74, 6) is 0. The smallest absolute Gasteiger partial charge is 0.409 e. The molecule has 2 atom stereocenters. The molecule has 2 rings (SSSR count). The van der Waals surface area contributed by atoms with Crippen molar-refractivity contribution in [1.82, 2.24) is 5.32 Å². The number of ether oxygens (including phenoxy) is 1. The topological polar surface area (TPSA) is 58.6 Å². The second-order valence-corrected chi connectivity index (χ2v) is 6.11. The Morgan fingerprint density at radius 2 is 2.10 bits per heavy atom. The molecule has 110 valence electrons. The van der Waals surface area contributed by atoms with Gasteiger partial charge >= 0.3 is 6.09 Å². The summed E-state index contributed by atoms with van der Waals surface area (Å²) in [5.41, 5.74) is -1.34. The average Bonchev–Trinajstić information content (AvgIpc) is 2.32. The summed E-state index contributed by atoms with van der Waals surface area (Å²) in [6.45, 7) is 5.12. The SMILES string of the molecule is CC(C)(C)OC(=O)NC1(O)CCc2ccccc2C1F. The third-order valence-electron chi connectivity index (χ3n) is 3.24. The Morgan fingerprint density at radius 1 is 1.45 bits per heavy atom. The van der Waals surface area contributed by atoms with Gasteiger partial charge in [-0.3, -0.25) is 5.32 Å². The molecule has 0 saturated carbocycles. The minimum absolute atomic E-state index is 0.115. The summed E-state index contributed by atoms with van der Waals surface area (Å²) >= 11 is 0. The first kappa shape index (κ1) is 14.8. The van der Waals surface area contributed by atoms with E-state index in [-0.39, 0.29) is 6.42 Å². The van der Waals surface area contributed by atoms with Crippen molar-refractivity contribution in [2.45, 2.75) is 51.1 Å². The Kier molecular flexibility index (Phi) is 3.73. The van der Waals surface area contributed by atoms with Gasteiger partial charge in [-0.2, -0.15) is 0 Å². The molecule has 0 spiro atoms. The number of carbonyl (C=O) groups excluding carboxylic acids is 1. The van der Waals surface area contributed by atoms with Crippen LogP contribution >= 0.6 is 0 Å². The molecule has 0 radical (unpaired) electrons. The van der Waals surface area contributed by atoms with E-state index in [4.69, 9.17) is 4.74 Å². The van der Waals surface area contributed by atoms with Crippen LogP contribution in [0.2, 0.25) is 0 Å². The molecule has 0 aliphatic heterocycles. The maximum Gasteiger partial charge on any atom is 0.409 e. The maximum absolute atomic E-state index is 14.5. The van der Waals surface area contributed by atoms with Crippen molar-refractivity contribution < 1.29 is 19.0 Å². The molecule has 5 heteroatoms. The Hall–Kier alpha value is -1.62. The van der Waals surface area contributed by atoms with Crippen molar-refractivity contribution in [1.29, 1.82) is 0 Å². The predicted octanol–water partition coefficient (Wildman–Crippen LogP) is 2.86. The van der Waals surface area contributed by atoms with Crippen molar-refractivity contribution in [2.75, 3.05) is 0 Å². The maximum atomic E-state index is 14.5. The van der Waals surface area contributed by atoms with E-state index in [0.717, 1.165) is 5.56 Å². The number of carbonyl (C=O) groups is 1. The van der Waals surface area contributed by atoms with Crippen molar-refractivity contribution in [2.24, 2.45) is 0 Å². The fraction of sp³-hybridized carbons (Fsp3) is 0.533. The summed E-state index contributed by atoms with van der Waals surface area (Å²) in [4.78, 5) is 11.7. The van der Waals surface area contributed by atoms with E-state index in [1.165, 1.54) is 0 Å². The predicted molar refractivity (Wildman–Crippen MR) is 72.9 cm³/mol. The van der Waals surface area contributed by atoms with E-state index in [1.807, 2.05) is 12.1 Å². The lowest BCUT2D eigenvalue weighted by atomic mass is 9.84. The zero-order valence-electron chi connectivity index (χ0n) is 11.9. The molecule has 20 heavy (non-hydrogen) atoms. The minimum Gasteiger partial charge on any atom is -0.444 e. The molecule has 2 N–H and O–H groups in total. The van der Waals surface area contributed by atoms with Crippen LogP contribution in [0.3, 0.4) is 0 Å². The molecule has 1 aromatic carbocycles. The zero-order chi connectivity index (χ0) is 15.0. The van der Waals surface area contributed by atoms with E-state index >= 15 is 0 Å². The van der Waals surface area contributed by atoms with Crippen LogP contribution in [0, 0.1) is 0 Å². The summed E-state index contributed by atoms with van der Waals surface area (Å²) < 4.78 is 19.6. The Balaban J connectivity index is 2.14. The standard InChI is InChI=1S/C15H20FNO3/c1-14(2,3)20-13(18)17-15(19)9-8-10-6-4-5-7-11(10)12(15)16/h4-7,12,19H,8-9H2,1-3H3,(H,17,18). The molecule has 0 heterocycles. The zero-order valence-corrected chi connectivity index (χ0v) is 11.9. The van der Waals surface area contributed by atoms with Crippen LogP contribution in [0.15, 0.2) is 24.3 Å². The normalized spacial score (nSPS) is 25.8. The number of rotatable bonds is 1. The van der Waals surface area contributed by atoms with Gasteiger partial charge in [0.1, 0.15) is 5.60 Å². The van der Waals surface area contributed by atoms with Gasteiger partial charge in [0.15, 0.2) is 11.9 Å². The van der Waals surface area contributed by atoms with Gasteiger partial charge in [-0.05, 0) is 38.3 Å². The summed E-state index contributed by atoms with van der Waals surface area (Å²) in [6.07, 6.45) is -1.87.